The number of aromatic nitrogens is 3. The second kappa shape index (κ2) is 6.20. The number of amides is 2. The van der Waals surface area contributed by atoms with Gasteiger partial charge in [0.25, 0.3) is 5.91 Å². The molecule has 3 aromatic rings. The van der Waals surface area contributed by atoms with E-state index in [1.807, 2.05) is 36.4 Å². The van der Waals surface area contributed by atoms with Gasteiger partial charge >= 0.3 is 0 Å². The van der Waals surface area contributed by atoms with Crippen LogP contribution in [0.3, 0.4) is 0 Å². The normalized spacial score (nSPS) is 15.5. The number of carbonyl (C=O) groups excluding carboxylic acids is 2. The van der Waals surface area contributed by atoms with Crippen LogP contribution >= 0.6 is 0 Å². The van der Waals surface area contributed by atoms with Gasteiger partial charge in [0, 0.05) is 16.8 Å². The first-order valence-corrected chi connectivity index (χ1v) is 7.86. The number of nitrogens with zero attached hydrogens (tertiary/aromatic N) is 2. The minimum atomic E-state index is -0.304. The zero-order valence-corrected chi connectivity index (χ0v) is 13.2. The molecule has 1 aliphatic rings. The summed E-state index contributed by atoms with van der Waals surface area (Å²) in [5.41, 5.74) is 2.98. The molecule has 0 aliphatic carbocycles. The number of anilines is 1. The molecule has 124 valence electrons. The van der Waals surface area contributed by atoms with Crippen LogP contribution in [-0.2, 0) is 4.79 Å². The maximum absolute atomic E-state index is 12.4. The van der Waals surface area contributed by atoms with Gasteiger partial charge in [-0.3, -0.25) is 14.7 Å². The van der Waals surface area contributed by atoms with Crippen molar-refractivity contribution in [2.24, 2.45) is 0 Å². The van der Waals surface area contributed by atoms with Gasteiger partial charge in [-0.2, -0.15) is 5.10 Å². The van der Waals surface area contributed by atoms with Gasteiger partial charge in [0.2, 0.25) is 5.91 Å². The lowest BCUT2D eigenvalue weighted by molar-refractivity contribution is -0.116. The highest BCUT2D eigenvalue weighted by molar-refractivity contribution is 6.00. The van der Waals surface area contributed by atoms with E-state index in [2.05, 4.69) is 25.8 Å². The molecule has 0 saturated carbocycles. The van der Waals surface area contributed by atoms with Gasteiger partial charge in [-0.25, -0.2) is 4.98 Å². The van der Waals surface area contributed by atoms with E-state index in [0.717, 1.165) is 11.1 Å². The van der Waals surface area contributed by atoms with Crippen molar-refractivity contribution in [2.75, 3.05) is 5.32 Å². The number of aromatic amines is 1. The van der Waals surface area contributed by atoms with Gasteiger partial charge in [-0.1, -0.05) is 30.3 Å². The fourth-order valence-corrected chi connectivity index (χ4v) is 2.97. The monoisotopic (exact) mass is 333 g/mol. The van der Waals surface area contributed by atoms with Crippen molar-refractivity contribution in [3.8, 4) is 11.4 Å². The van der Waals surface area contributed by atoms with Crippen LogP contribution < -0.4 is 10.6 Å². The zero-order chi connectivity index (χ0) is 17.2. The number of benzene rings is 2. The Morgan fingerprint density at radius 3 is 2.88 bits per heavy atom. The van der Waals surface area contributed by atoms with Crippen LogP contribution in [0.4, 0.5) is 5.69 Å². The van der Waals surface area contributed by atoms with Crippen LogP contribution in [0.5, 0.6) is 0 Å². The summed E-state index contributed by atoms with van der Waals surface area (Å²) in [4.78, 5) is 28.4. The number of H-pyrrole nitrogens is 1. The lowest BCUT2D eigenvalue weighted by Gasteiger charge is -2.12. The molecule has 1 aliphatic heterocycles. The summed E-state index contributed by atoms with van der Waals surface area (Å²) in [6, 6.07) is 14.4. The maximum atomic E-state index is 12.4. The molecule has 0 spiro atoms. The fraction of sp³-hybridized carbons (Fsp3) is 0.111. The number of carbonyl (C=O) groups is 2. The smallest absolute Gasteiger partial charge is 0.252 e. The van der Waals surface area contributed by atoms with E-state index in [9.17, 15) is 9.59 Å². The molecular formula is C18H15N5O2. The summed E-state index contributed by atoms with van der Waals surface area (Å²) in [6.07, 6.45) is 1.61. The van der Waals surface area contributed by atoms with Crippen molar-refractivity contribution in [2.45, 2.75) is 12.5 Å². The number of nitrogens with one attached hydrogen (secondary N) is 3. The van der Waals surface area contributed by atoms with E-state index in [-0.39, 0.29) is 24.3 Å². The molecule has 4 rings (SSSR count). The van der Waals surface area contributed by atoms with Crippen LogP contribution in [0.2, 0.25) is 0 Å². The summed E-state index contributed by atoms with van der Waals surface area (Å²) in [7, 11) is 0. The van der Waals surface area contributed by atoms with Gasteiger partial charge in [0.1, 0.15) is 6.33 Å². The van der Waals surface area contributed by atoms with Crippen molar-refractivity contribution in [3.05, 3.63) is 66.0 Å². The third kappa shape index (κ3) is 2.99. The van der Waals surface area contributed by atoms with Crippen molar-refractivity contribution in [1.82, 2.24) is 20.5 Å². The van der Waals surface area contributed by atoms with E-state index in [4.69, 9.17) is 0 Å². The van der Waals surface area contributed by atoms with Gasteiger partial charge in [0.05, 0.1) is 12.5 Å². The molecule has 1 atom stereocenters. The van der Waals surface area contributed by atoms with Crippen LogP contribution in [0.25, 0.3) is 11.4 Å². The molecule has 7 heteroatoms. The van der Waals surface area contributed by atoms with E-state index in [0.29, 0.717) is 17.1 Å². The Morgan fingerprint density at radius 1 is 1.16 bits per heavy atom. The second-order valence-electron chi connectivity index (χ2n) is 5.78. The molecular weight excluding hydrogens is 318 g/mol. The third-order valence-corrected chi connectivity index (χ3v) is 4.11. The zero-order valence-electron chi connectivity index (χ0n) is 13.2. The fourth-order valence-electron chi connectivity index (χ4n) is 2.97. The first-order valence-electron chi connectivity index (χ1n) is 7.86. The predicted octanol–water partition coefficient (Wildman–Crippen LogP) is 2.29. The van der Waals surface area contributed by atoms with E-state index in [1.54, 1.807) is 12.1 Å². The van der Waals surface area contributed by atoms with Crippen LogP contribution in [0, 0.1) is 0 Å². The van der Waals surface area contributed by atoms with Gasteiger partial charge in [-0.05, 0) is 23.8 Å². The average Bonchev–Trinajstić information content (AvgIpc) is 3.25. The Bertz CT molecular complexity index is 936. The molecule has 3 N–H and O–H groups in total. The standard InChI is InChI=1S/C18H15N5O2/c24-16(9-15-13-6-1-2-7-14(13)18(25)22-15)21-12-5-3-4-11(8-12)17-19-10-20-23-17/h1-8,10,15H,9H2,(H,21,24)(H,22,25)(H,19,20,23). The molecule has 2 aromatic carbocycles. The minimum Gasteiger partial charge on any atom is -0.345 e. The SMILES string of the molecule is O=C(CC1NC(=O)c2ccccc21)Nc1cccc(-c2ncn[nH]2)c1. The summed E-state index contributed by atoms with van der Waals surface area (Å²) in [6.45, 7) is 0. The Kier molecular flexibility index (Phi) is 3.74. The van der Waals surface area contributed by atoms with Crippen molar-refractivity contribution in [3.63, 3.8) is 0 Å². The molecule has 7 nitrogen and oxygen atoms in total. The average molecular weight is 333 g/mol. The lowest BCUT2D eigenvalue weighted by atomic mass is 10.0. The number of hydrogen-bond donors (Lipinski definition) is 3. The number of hydrogen-bond acceptors (Lipinski definition) is 4. The quantitative estimate of drug-likeness (QED) is 0.682. The number of fused-ring (bicyclic) bond motifs is 1. The highest BCUT2D eigenvalue weighted by Crippen LogP contribution is 2.28. The van der Waals surface area contributed by atoms with Gasteiger partial charge < -0.3 is 10.6 Å². The summed E-state index contributed by atoms with van der Waals surface area (Å²) in [5, 5.41) is 12.3. The third-order valence-electron chi connectivity index (χ3n) is 4.11. The Morgan fingerprint density at radius 2 is 2.04 bits per heavy atom. The minimum absolute atomic E-state index is 0.138. The maximum Gasteiger partial charge on any atom is 0.252 e. The summed E-state index contributed by atoms with van der Waals surface area (Å²) in [5.74, 6) is 0.325. The van der Waals surface area contributed by atoms with Crippen LogP contribution in [0.1, 0.15) is 28.4 Å². The van der Waals surface area contributed by atoms with Crippen LogP contribution in [-0.4, -0.2) is 27.0 Å². The summed E-state index contributed by atoms with van der Waals surface area (Å²) < 4.78 is 0. The molecule has 0 bridgehead atoms. The molecule has 0 radical (unpaired) electrons. The number of rotatable bonds is 4. The Hall–Kier alpha value is -3.48. The van der Waals surface area contributed by atoms with Crippen molar-refractivity contribution in [1.29, 1.82) is 0 Å². The Balaban J connectivity index is 1.47. The van der Waals surface area contributed by atoms with Crippen LogP contribution in [0.15, 0.2) is 54.9 Å². The molecule has 1 aromatic heterocycles. The van der Waals surface area contributed by atoms with Crippen molar-refractivity contribution < 1.29 is 9.59 Å². The molecule has 2 heterocycles. The molecule has 0 fully saturated rings. The highest BCUT2D eigenvalue weighted by Gasteiger charge is 2.29. The van der Waals surface area contributed by atoms with E-state index in [1.165, 1.54) is 6.33 Å². The summed E-state index contributed by atoms with van der Waals surface area (Å²) >= 11 is 0. The first-order chi connectivity index (χ1) is 12.2. The topological polar surface area (TPSA) is 99.8 Å². The van der Waals surface area contributed by atoms with Crippen molar-refractivity contribution >= 4 is 17.5 Å². The molecule has 2 amide bonds. The molecule has 0 saturated heterocycles. The Labute approximate surface area is 143 Å². The van der Waals surface area contributed by atoms with E-state index >= 15 is 0 Å². The second-order valence-corrected chi connectivity index (χ2v) is 5.78. The van der Waals surface area contributed by atoms with E-state index < -0.39 is 0 Å². The highest BCUT2D eigenvalue weighted by atomic mass is 16.2. The molecule has 1 unspecified atom stereocenters. The lowest BCUT2D eigenvalue weighted by Crippen LogP contribution is -2.24. The molecule has 25 heavy (non-hydrogen) atoms. The van der Waals surface area contributed by atoms with Gasteiger partial charge in [0.15, 0.2) is 5.82 Å². The largest absolute Gasteiger partial charge is 0.345 e. The van der Waals surface area contributed by atoms with Gasteiger partial charge in [-0.15, -0.1) is 0 Å². The predicted molar refractivity (Wildman–Crippen MR) is 91.7 cm³/mol. The first kappa shape index (κ1) is 15.1.